The Kier molecular flexibility index (Phi) is 6.93. The van der Waals surface area contributed by atoms with Crippen LogP contribution in [0.2, 0.25) is 0 Å². The molecule has 2 fully saturated rings. The third-order valence-corrected chi connectivity index (χ3v) is 7.31. The zero-order chi connectivity index (χ0) is 15.3. The number of thioether (sulfide) groups is 1. The molecule has 0 radical (unpaired) electrons. The van der Waals surface area contributed by atoms with Gasteiger partial charge in [-0.15, -0.1) is 0 Å². The fourth-order valence-electron chi connectivity index (χ4n) is 4.10. The molecule has 0 bridgehead atoms. The Morgan fingerprint density at radius 1 is 1.05 bits per heavy atom. The molecule has 3 unspecified atom stereocenters. The largest absolute Gasteiger partial charge is 0.313 e. The summed E-state index contributed by atoms with van der Waals surface area (Å²) in [5, 5.41) is 4.70. The van der Waals surface area contributed by atoms with E-state index in [4.69, 9.17) is 0 Å². The van der Waals surface area contributed by atoms with Crippen LogP contribution in [-0.2, 0) is 0 Å². The van der Waals surface area contributed by atoms with E-state index in [1.54, 1.807) is 0 Å². The lowest BCUT2D eigenvalue weighted by Gasteiger charge is -2.42. The van der Waals surface area contributed by atoms with Crippen LogP contribution in [0.25, 0.3) is 0 Å². The van der Waals surface area contributed by atoms with Gasteiger partial charge in [-0.05, 0) is 68.1 Å². The fourth-order valence-corrected chi connectivity index (χ4v) is 5.79. The molecule has 0 spiro atoms. The van der Waals surface area contributed by atoms with Gasteiger partial charge < -0.3 is 5.32 Å². The summed E-state index contributed by atoms with van der Waals surface area (Å²) in [6.07, 6.45) is 11.5. The van der Waals surface area contributed by atoms with Gasteiger partial charge >= 0.3 is 0 Å². The number of hydrogen-bond acceptors (Lipinski definition) is 2. The van der Waals surface area contributed by atoms with Crippen LogP contribution in [0.4, 0.5) is 0 Å². The van der Waals surface area contributed by atoms with Gasteiger partial charge in [0.15, 0.2) is 0 Å². The van der Waals surface area contributed by atoms with Crippen molar-refractivity contribution in [3.05, 3.63) is 0 Å². The van der Waals surface area contributed by atoms with Gasteiger partial charge in [-0.25, -0.2) is 0 Å². The molecule has 2 aliphatic carbocycles. The van der Waals surface area contributed by atoms with Gasteiger partial charge in [0.1, 0.15) is 0 Å². The predicted molar refractivity (Wildman–Crippen MR) is 97.1 cm³/mol. The first-order valence-corrected chi connectivity index (χ1v) is 10.4. The molecular formula is C19H37NS. The molecule has 0 saturated heterocycles. The average Bonchev–Trinajstić information content (AvgIpc) is 2.95. The first kappa shape index (κ1) is 17.7. The summed E-state index contributed by atoms with van der Waals surface area (Å²) in [7, 11) is 0. The van der Waals surface area contributed by atoms with E-state index in [1.807, 2.05) is 0 Å². The number of rotatable bonds is 6. The molecule has 1 nitrogen and oxygen atoms in total. The van der Waals surface area contributed by atoms with Crippen molar-refractivity contribution in [2.24, 2.45) is 17.3 Å². The Bertz CT molecular complexity index is 290. The van der Waals surface area contributed by atoms with Gasteiger partial charge in [-0.3, -0.25) is 0 Å². The monoisotopic (exact) mass is 311 g/mol. The Hall–Kier alpha value is 0.310. The standard InChI is InChI=1S/C19H37NS/c1-5-12-20-17-11-10-16(19(2,3)4)13-18(17)21-14-15-8-6-7-9-15/h15-18,20H,5-14H2,1-4H3. The van der Waals surface area contributed by atoms with Crippen molar-refractivity contribution in [1.29, 1.82) is 0 Å². The van der Waals surface area contributed by atoms with E-state index in [-0.39, 0.29) is 0 Å². The lowest BCUT2D eigenvalue weighted by atomic mass is 9.71. The zero-order valence-electron chi connectivity index (χ0n) is 14.8. The van der Waals surface area contributed by atoms with Crippen LogP contribution in [0.5, 0.6) is 0 Å². The molecule has 124 valence electrons. The van der Waals surface area contributed by atoms with E-state index in [9.17, 15) is 0 Å². The normalized spacial score (nSPS) is 31.7. The van der Waals surface area contributed by atoms with Crippen molar-refractivity contribution in [3.63, 3.8) is 0 Å². The minimum Gasteiger partial charge on any atom is -0.313 e. The highest BCUT2D eigenvalue weighted by atomic mass is 32.2. The SMILES string of the molecule is CCCNC1CCC(C(C)(C)C)CC1SCC1CCCC1. The van der Waals surface area contributed by atoms with Crippen LogP contribution in [0.3, 0.4) is 0 Å². The molecule has 2 heteroatoms. The summed E-state index contributed by atoms with van der Waals surface area (Å²) in [5.41, 5.74) is 0.488. The van der Waals surface area contributed by atoms with E-state index in [0.717, 1.165) is 23.1 Å². The predicted octanol–water partition coefficient (Wildman–Crippen LogP) is 5.49. The van der Waals surface area contributed by atoms with Crippen LogP contribution in [0, 0.1) is 17.3 Å². The second-order valence-electron chi connectivity index (χ2n) is 8.46. The van der Waals surface area contributed by atoms with Crippen molar-refractivity contribution in [1.82, 2.24) is 5.32 Å². The van der Waals surface area contributed by atoms with E-state index >= 15 is 0 Å². The van der Waals surface area contributed by atoms with Gasteiger partial charge in [-0.2, -0.15) is 11.8 Å². The molecule has 2 rings (SSSR count). The molecule has 0 aromatic carbocycles. The molecule has 21 heavy (non-hydrogen) atoms. The van der Waals surface area contributed by atoms with Gasteiger partial charge in [0, 0.05) is 11.3 Å². The Morgan fingerprint density at radius 3 is 2.38 bits per heavy atom. The summed E-state index contributed by atoms with van der Waals surface area (Å²) in [6, 6.07) is 0.773. The summed E-state index contributed by atoms with van der Waals surface area (Å²) < 4.78 is 0. The van der Waals surface area contributed by atoms with Crippen molar-refractivity contribution >= 4 is 11.8 Å². The molecule has 0 aromatic rings. The molecule has 2 aliphatic rings. The van der Waals surface area contributed by atoms with Gasteiger partial charge in [0.05, 0.1) is 0 Å². The minimum absolute atomic E-state index is 0.488. The van der Waals surface area contributed by atoms with Crippen LogP contribution >= 0.6 is 11.8 Å². The molecule has 0 amide bonds. The molecule has 0 aliphatic heterocycles. The zero-order valence-corrected chi connectivity index (χ0v) is 15.6. The first-order valence-electron chi connectivity index (χ1n) is 9.35. The highest BCUT2D eigenvalue weighted by Crippen LogP contribution is 2.42. The Balaban J connectivity index is 1.88. The van der Waals surface area contributed by atoms with Crippen LogP contribution < -0.4 is 5.32 Å². The molecule has 2 saturated carbocycles. The molecular weight excluding hydrogens is 274 g/mol. The first-order chi connectivity index (χ1) is 10.0. The Morgan fingerprint density at radius 2 is 1.76 bits per heavy atom. The van der Waals surface area contributed by atoms with Crippen LogP contribution in [-0.4, -0.2) is 23.6 Å². The molecule has 3 atom stereocenters. The lowest BCUT2D eigenvalue weighted by Crippen LogP contribution is -2.45. The molecule has 0 aromatic heterocycles. The lowest BCUT2D eigenvalue weighted by molar-refractivity contribution is 0.165. The number of hydrogen-bond donors (Lipinski definition) is 1. The minimum atomic E-state index is 0.488. The second-order valence-corrected chi connectivity index (χ2v) is 9.73. The highest BCUT2D eigenvalue weighted by molar-refractivity contribution is 7.99. The summed E-state index contributed by atoms with van der Waals surface area (Å²) in [4.78, 5) is 0. The van der Waals surface area contributed by atoms with Gasteiger partial charge in [-0.1, -0.05) is 40.5 Å². The summed E-state index contributed by atoms with van der Waals surface area (Å²) >= 11 is 2.31. The third-order valence-electron chi connectivity index (χ3n) is 5.69. The maximum absolute atomic E-state index is 3.85. The van der Waals surface area contributed by atoms with Crippen LogP contribution in [0.1, 0.15) is 79.1 Å². The maximum atomic E-state index is 3.85. The van der Waals surface area contributed by atoms with Crippen LogP contribution in [0.15, 0.2) is 0 Å². The van der Waals surface area contributed by atoms with E-state index < -0.39 is 0 Å². The second kappa shape index (κ2) is 8.24. The molecule has 1 N–H and O–H groups in total. The van der Waals surface area contributed by atoms with Crippen molar-refractivity contribution in [2.45, 2.75) is 90.4 Å². The van der Waals surface area contributed by atoms with Crippen molar-refractivity contribution < 1.29 is 0 Å². The smallest absolute Gasteiger partial charge is 0.0204 e. The summed E-state index contributed by atoms with van der Waals surface area (Å²) in [6.45, 7) is 10.8. The molecule has 0 heterocycles. The quantitative estimate of drug-likeness (QED) is 0.696. The highest BCUT2D eigenvalue weighted by Gasteiger charge is 2.36. The van der Waals surface area contributed by atoms with Crippen molar-refractivity contribution in [3.8, 4) is 0 Å². The number of nitrogens with one attached hydrogen (secondary N) is 1. The third kappa shape index (κ3) is 5.46. The maximum Gasteiger partial charge on any atom is 0.0204 e. The van der Waals surface area contributed by atoms with Gasteiger partial charge in [0.2, 0.25) is 0 Å². The van der Waals surface area contributed by atoms with E-state index in [2.05, 4.69) is 44.8 Å². The Labute approximate surface area is 137 Å². The van der Waals surface area contributed by atoms with E-state index in [1.165, 1.54) is 63.7 Å². The topological polar surface area (TPSA) is 12.0 Å². The average molecular weight is 312 g/mol. The fraction of sp³-hybridized carbons (Fsp3) is 1.00. The van der Waals surface area contributed by atoms with E-state index in [0.29, 0.717) is 5.41 Å². The summed E-state index contributed by atoms with van der Waals surface area (Å²) in [5.74, 6) is 3.36. The van der Waals surface area contributed by atoms with Crippen molar-refractivity contribution in [2.75, 3.05) is 12.3 Å². The van der Waals surface area contributed by atoms with Gasteiger partial charge in [0.25, 0.3) is 0 Å².